The van der Waals surface area contributed by atoms with Crippen molar-refractivity contribution in [1.29, 1.82) is 0 Å². The Hall–Kier alpha value is -1.35. The topological polar surface area (TPSA) is 38.3 Å². The molecule has 1 aliphatic heterocycles. The number of fused-ring (bicyclic) bond motifs is 1. The van der Waals surface area contributed by atoms with Crippen molar-refractivity contribution < 1.29 is 9.53 Å². The largest absolute Gasteiger partial charge is 0.458 e. The van der Waals surface area contributed by atoms with Gasteiger partial charge in [0, 0.05) is 6.54 Å². The molecule has 18 heavy (non-hydrogen) atoms. The summed E-state index contributed by atoms with van der Waals surface area (Å²) in [4.78, 5) is 12.5. The van der Waals surface area contributed by atoms with Gasteiger partial charge >= 0.3 is 5.97 Å². The molecule has 98 valence electrons. The second-order valence-corrected chi connectivity index (χ2v) is 5.77. The van der Waals surface area contributed by atoms with Crippen LogP contribution in [0.5, 0.6) is 0 Å². The quantitative estimate of drug-likeness (QED) is 0.817. The minimum absolute atomic E-state index is 0.178. The van der Waals surface area contributed by atoms with Crippen molar-refractivity contribution in [2.75, 3.05) is 0 Å². The molecule has 0 saturated heterocycles. The molecule has 3 heteroatoms. The van der Waals surface area contributed by atoms with Crippen molar-refractivity contribution >= 4 is 5.97 Å². The molecule has 1 aromatic rings. The van der Waals surface area contributed by atoms with Crippen molar-refractivity contribution in [3.05, 3.63) is 35.4 Å². The molecule has 1 unspecified atom stereocenters. The molecule has 1 aliphatic rings. The van der Waals surface area contributed by atoms with Crippen LogP contribution in [-0.2, 0) is 21.6 Å². The van der Waals surface area contributed by atoms with Crippen LogP contribution in [0.25, 0.3) is 0 Å². The van der Waals surface area contributed by atoms with Gasteiger partial charge in [0.1, 0.15) is 11.1 Å². The van der Waals surface area contributed by atoms with Crippen molar-refractivity contribution in [2.24, 2.45) is 0 Å². The second-order valence-electron chi connectivity index (χ2n) is 5.77. The van der Waals surface area contributed by atoms with Crippen LogP contribution in [0.3, 0.4) is 0 Å². The van der Waals surface area contributed by atoms with E-state index in [-0.39, 0.29) is 5.97 Å². The van der Waals surface area contributed by atoms with E-state index in [0.29, 0.717) is 6.42 Å². The lowest BCUT2D eigenvalue weighted by atomic mass is 9.88. The molecule has 2 rings (SSSR count). The molecule has 3 nitrogen and oxygen atoms in total. The molecule has 0 aliphatic carbocycles. The average Bonchev–Trinajstić information content (AvgIpc) is 2.67. The average molecular weight is 247 g/mol. The number of ether oxygens (including phenoxy) is 1. The molecular formula is C15H21NO2. The van der Waals surface area contributed by atoms with Gasteiger partial charge in [-0.1, -0.05) is 31.2 Å². The van der Waals surface area contributed by atoms with Gasteiger partial charge in [-0.3, -0.25) is 5.32 Å². The molecular weight excluding hydrogens is 226 g/mol. The molecule has 0 saturated carbocycles. The summed E-state index contributed by atoms with van der Waals surface area (Å²) in [5.41, 5.74) is 1.11. The van der Waals surface area contributed by atoms with E-state index >= 15 is 0 Å². The van der Waals surface area contributed by atoms with Crippen molar-refractivity contribution in [3.8, 4) is 0 Å². The summed E-state index contributed by atoms with van der Waals surface area (Å²) < 4.78 is 5.57. The van der Waals surface area contributed by atoms with Crippen LogP contribution in [0.2, 0.25) is 0 Å². The monoisotopic (exact) mass is 247 g/mol. The van der Waals surface area contributed by atoms with Gasteiger partial charge in [0.25, 0.3) is 0 Å². The highest BCUT2D eigenvalue weighted by atomic mass is 16.6. The third kappa shape index (κ3) is 2.15. The van der Waals surface area contributed by atoms with E-state index in [0.717, 1.165) is 12.1 Å². The third-order valence-corrected chi connectivity index (χ3v) is 3.34. The number of esters is 1. The SMILES string of the molecule is CCC1(C(=O)OC(C)(C)C)NCc2ccccc21. The fourth-order valence-corrected chi connectivity index (χ4v) is 2.44. The van der Waals surface area contributed by atoms with Crippen LogP contribution in [0, 0.1) is 0 Å². The number of rotatable bonds is 2. The highest BCUT2D eigenvalue weighted by Gasteiger charge is 2.46. The molecule has 1 N–H and O–H groups in total. The zero-order valence-corrected chi connectivity index (χ0v) is 11.5. The highest BCUT2D eigenvalue weighted by molar-refractivity contribution is 5.84. The molecule has 0 spiro atoms. The van der Waals surface area contributed by atoms with Gasteiger partial charge in [-0.25, -0.2) is 4.79 Å². The number of carbonyl (C=O) groups is 1. The summed E-state index contributed by atoms with van der Waals surface area (Å²) in [6.07, 6.45) is 0.693. The molecule has 0 aromatic heterocycles. The van der Waals surface area contributed by atoms with Crippen LogP contribution in [0.4, 0.5) is 0 Å². The summed E-state index contributed by atoms with van der Waals surface area (Å²) in [6.45, 7) is 8.43. The molecule has 1 heterocycles. The van der Waals surface area contributed by atoms with Gasteiger partial charge in [-0.15, -0.1) is 0 Å². The van der Waals surface area contributed by atoms with Crippen molar-refractivity contribution in [3.63, 3.8) is 0 Å². The van der Waals surface area contributed by atoms with Gasteiger partial charge < -0.3 is 4.74 Å². The first-order valence-electron chi connectivity index (χ1n) is 6.46. The number of benzene rings is 1. The van der Waals surface area contributed by atoms with Gasteiger partial charge in [0.15, 0.2) is 0 Å². The smallest absolute Gasteiger partial charge is 0.331 e. The Morgan fingerprint density at radius 3 is 2.67 bits per heavy atom. The van der Waals surface area contributed by atoms with E-state index in [1.165, 1.54) is 5.56 Å². The van der Waals surface area contributed by atoms with Crippen LogP contribution in [0.1, 0.15) is 45.2 Å². The normalized spacial score (nSPS) is 22.7. The standard InChI is InChI=1S/C15H21NO2/c1-5-15(13(17)18-14(2,3)4)12-9-7-6-8-11(12)10-16-15/h6-9,16H,5,10H2,1-4H3. The van der Waals surface area contributed by atoms with Gasteiger partial charge in [-0.2, -0.15) is 0 Å². The Bertz CT molecular complexity index is 462. The zero-order chi connectivity index (χ0) is 13.4. The fraction of sp³-hybridized carbons (Fsp3) is 0.533. The van der Waals surface area contributed by atoms with Crippen LogP contribution in [-0.4, -0.2) is 11.6 Å². The van der Waals surface area contributed by atoms with Crippen LogP contribution >= 0.6 is 0 Å². The maximum absolute atomic E-state index is 12.5. The third-order valence-electron chi connectivity index (χ3n) is 3.34. The summed E-state index contributed by atoms with van der Waals surface area (Å²) in [7, 11) is 0. The van der Waals surface area contributed by atoms with E-state index in [9.17, 15) is 4.79 Å². The summed E-state index contributed by atoms with van der Waals surface area (Å²) in [6, 6.07) is 8.05. The lowest BCUT2D eigenvalue weighted by Gasteiger charge is -2.31. The van der Waals surface area contributed by atoms with Crippen molar-refractivity contribution in [2.45, 2.75) is 51.8 Å². The number of nitrogens with one attached hydrogen (secondary N) is 1. The molecule has 0 bridgehead atoms. The molecule has 0 amide bonds. The lowest BCUT2D eigenvalue weighted by molar-refractivity contribution is -0.163. The van der Waals surface area contributed by atoms with Crippen molar-refractivity contribution in [1.82, 2.24) is 5.32 Å². The Labute approximate surface area is 109 Å². The maximum atomic E-state index is 12.5. The number of hydrogen-bond acceptors (Lipinski definition) is 3. The number of carbonyl (C=O) groups excluding carboxylic acids is 1. The Morgan fingerprint density at radius 1 is 1.39 bits per heavy atom. The van der Waals surface area contributed by atoms with E-state index < -0.39 is 11.1 Å². The van der Waals surface area contributed by atoms with Gasteiger partial charge in [0.05, 0.1) is 0 Å². The minimum atomic E-state index is -0.677. The van der Waals surface area contributed by atoms with Crippen LogP contribution in [0.15, 0.2) is 24.3 Å². The Kier molecular flexibility index (Phi) is 3.20. The zero-order valence-electron chi connectivity index (χ0n) is 11.5. The first-order valence-corrected chi connectivity index (χ1v) is 6.46. The second kappa shape index (κ2) is 4.39. The number of hydrogen-bond donors (Lipinski definition) is 1. The lowest BCUT2D eigenvalue weighted by Crippen LogP contribution is -2.47. The predicted octanol–water partition coefficient (Wildman–Crippen LogP) is 2.74. The van der Waals surface area contributed by atoms with E-state index in [2.05, 4.69) is 11.4 Å². The van der Waals surface area contributed by atoms with E-state index in [1.807, 2.05) is 45.9 Å². The summed E-state index contributed by atoms with van der Waals surface area (Å²) in [5, 5.41) is 3.33. The predicted molar refractivity (Wildman–Crippen MR) is 71.1 cm³/mol. The van der Waals surface area contributed by atoms with E-state index in [4.69, 9.17) is 4.74 Å². The minimum Gasteiger partial charge on any atom is -0.458 e. The van der Waals surface area contributed by atoms with Crippen LogP contribution < -0.4 is 5.32 Å². The first kappa shape index (κ1) is 13.1. The molecule has 0 radical (unpaired) electrons. The highest BCUT2D eigenvalue weighted by Crippen LogP contribution is 2.35. The Balaban J connectivity index is 2.37. The first-order chi connectivity index (χ1) is 8.39. The molecule has 1 atom stereocenters. The fourth-order valence-electron chi connectivity index (χ4n) is 2.44. The Morgan fingerprint density at radius 2 is 2.06 bits per heavy atom. The van der Waals surface area contributed by atoms with Gasteiger partial charge in [-0.05, 0) is 38.3 Å². The van der Waals surface area contributed by atoms with Gasteiger partial charge in [0.2, 0.25) is 0 Å². The molecule has 0 fully saturated rings. The maximum Gasteiger partial charge on any atom is 0.331 e. The molecule has 1 aromatic carbocycles. The summed E-state index contributed by atoms with van der Waals surface area (Å²) >= 11 is 0. The van der Waals surface area contributed by atoms with E-state index in [1.54, 1.807) is 0 Å². The summed E-state index contributed by atoms with van der Waals surface area (Å²) in [5.74, 6) is -0.178.